The van der Waals surface area contributed by atoms with E-state index >= 15 is 0 Å². The molecule has 1 saturated heterocycles. The van der Waals surface area contributed by atoms with Crippen molar-refractivity contribution in [2.45, 2.75) is 6.42 Å². The van der Waals surface area contributed by atoms with Gasteiger partial charge in [-0.3, -0.25) is 9.69 Å². The number of carbonyl (C=O) groups is 2. The second-order valence-corrected chi connectivity index (χ2v) is 3.97. The van der Waals surface area contributed by atoms with Gasteiger partial charge in [0.05, 0.1) is 7.11 Å². The number of esters is 1. The quantitative estimate of drug-likeness (QED) is 0.583. The molecule has 0 bridgehead atoms. The molecule has 0 saturated carbocycles. The van der Waals surface area contributed by atoms with Gasteiger partial charge in [-0.2, -0.15) is 0 Å². The van der Waals surface area contributed by atoms with Gasteiger partial charge in [0, 0.05) is 18.9 Å². The van der Waals surface area contributed by atoms with Crippen molar-refractivity contribution < 1.29 is 14.3 Å². The Hall–Kier alpha value is -2.24. The second kappa shape index (κ2) is 4.95. The summed E-state index contributed by atoms with van der Waals surface area (Å²) in [5, 5.41) is 7.60. The fourth-order valence-electron chi connectivity index (χ4n) is 1.80. The van der Waals surface area contributed by atoms with E-state index in [0.717, 1.165) is 0 Å². The third-order valence-electron chi connectivity index (χ3n) is 2.81. The van der Waals surface area contributed by atoms with Gasteiger partial charge in [0.25, 0.3) is 0 Å². The first-order chi connectivity index (χ1) is 8.65. The molecule has 1 unspecified atom stereocenters. The lowest BCUT2D eigenvalue weighted by Gasteiger charge is -2.13. The molecule has 1 aromatic heterocycles. The van der Waals surface area contributed by atoms with Crippen molar-refractivity contribution in [3.8, 4) is 0 Å². The molecule has 6 heteroatoms. The van der Waals surface area contributed by atoms with Crippen LogP contribution in [0.3, 0.4) is 0 Å². The molecule has 6 nitrogen and oxygen atoms in total. The van der Waals surface area contributed by atoms with E-state index in [2.05, 4.69) is 21.5 Å². The fraction of sp³-hybridized carbons (Fsp3) is 0.333. The van der Waals surface area contributed by atoms with Crippen LogP contribution in [-0.2, 0) is 9.53 Å². The summed E-state index contributed by atoms with van der Waals surface area (Å²) >= 11 is 0. The van der Waals surface area contributed by atoms with E-state index < -0.39 is 5.97 Å². The zero-order valence-corrected chi connectivity index (χ0v) is 10.00. The van der Waals surface area contributed by atoms with Crippen LogP contribution in [0.1, 0.15) is 16.9 Å². The standard InChI is InChI=1S/C12H13N3O3/c1-3-8-6-11(16)15(7-8)10-5-4-9(13-14-10)12(17)18-2/h3-5,8H,1,6-7H2,2H3. The molecule has 94 valence electrons. The van der Waals surface area contributed by atoms with Crippen molar-refractivity contribution in [3.63, 3.8) is 0 Å². The van der Waals surface area contributed by atoms with Crippen LogP contribution in [0.15, 0.2) is 24.8 Å². The average Bonchev–Trinajstić information content (AvgIpc) is 2.79. The van der Waals surface area contributed by atoms with E-state index in [4.69, 9.17) is 0 Å². The number of amides is 1. The van der Waals surface area contributed by atoms with Crippen molar-refractivity contribution >= 4 is 17.7 Å². The molecule has 1 aliphatic heterocycles. The van der Waals surface area contributed by atoms with Gasteiger partial charge in [0.1, 0.15) is 0 Å². The molecule has 2 heterocycles. The Morgan fingerprint density at radius 3 is 2.83 bits per heavy atom. The maximum absolute atomic E-state index is 11.7. The third kappa shape index (κ3) is 2.22. The van der Waals surface area contributed by atoms with Gasteiger partial charge in [-0.05, 0) is 12.1 Å². The van der Waals surface area contributed by atoms with Gasteiger partial charge in [0.2, 0.25) is 5.91 Å². The summed E-state index contributed by atoms with van der Waals surface area (Å²) in [4.78, 5) is 24.5. The Kier molecular flexibility index (Phi) is 3.36. The molecule has 18 heavy (non-hydrogen) atoms. The molecule has 0 radical (unpaired) electrons. The van der Waals surface area contributed by atoms with Crippen LogP contribution in [0.4, 0.5) is 5.82 Å². The number of anilines is 1. The molecule has 1 aromatic rings. The van der Waals surface area contributed by atoms with Crippen molar-refractivity contribution in [1.29, 1.82) is 0 Å². The Balaban J connectivity index is 2.17. The first-order valence-corrected chi connectivity index (χ1v) is 5.50. The normalized spacial score (nSPS) is 18.8. The van der Waals surface area contributed by atoms with Crippen LogP contribution in [0.25, 0.3) is 0 Å². The first-order valence-electron chi connectivity index (χ1n) is 5.50. The number of rotatable bonds is 3. The van der Waals surface area contributed by atoms with E-state index in [1.165, 1.54) is 13.2 Å². The molecular formula is C12H13N3O3. The lowest BCUT2D eigenvalue weighted by molar-refractivity contribution is -0.117. The minimum Gasteiger partial charge on any atom is -0.464 e. The molecule has 2 rings (SSSR count). The fourth-order valence-corrected chi connectivity index (χ4v) is 1.80. The molecule has 1 aliphatic rings. The molecule has 0 aromatic carbocycles. The molecule has 1 amide bonds. The van der Waals surface area contributed by atoms with Gasteiger partial charge < -0.3 is 4.74 Å². The summed E-state index contributed by atoms with van der Waals surface area (Å²) in [6.45, 7) is 4.23. The predicted molar refractivity (Wildman–Crippen MR) is 64.0 cm³/mol. The summed E-state index contributed by atoms with van der Waals surface area (Å²) in [5.41, 5.74) is 0.119. The number of nitrogens with zero attached hydrogens (tertiary/aromatic N) is 3. The highest BCUT2D eigenvalue weighted by molar-refractivity contribution is 5.95. The van der Waals surface area contributed by atoms with Crippen molar-refractivity contribution in [3.05, 3.63) is 30.5 Å². The number of ether oxygens (including phenoxy) is 1. The van der Waals surface area contributed by atoms with Crippen LogP contribution in [0.2, 0.25) is 0 Å². The largest absolute Gasteiger partial charge is 0.464 e. The Morgan fingerprint density at radius 2 is 2.33 bits per heavy atom. The highest BCUT2D eigenvalue weighted by Crippen LogP contribution is 2.23. The number of methoxy groups -OCH3 is 1. The van der Waals surface area contributed by atoms with Crippen LogP contribution in [0, 0.1) is 5.92 Å². The van der Waals surface area contributed by atoms with Gasteiger partial charge in [-0.25, -0.2) is 4.79 Å². The maximum atomic E-state index is 11.7. The van der Waals surface area contributed by atoms with E-state index in [-0.39, 0.29) is 17.5 Å². The first kappa shape index (κ1) is 12.2. The summed E-state index contributed by atoms with van der Waals surface area (Å²) in [5.74, 6) is 0.0161. The molecular weight excluding hydrogens is 234 g/mol. The molecule has 0 N–H and O–H groups in total. The summed E-state index contributed by atoms with van der Waals surface area (Å²) in [7, 11) is 1.27. The minimum atomic E-state index is -0.550. The topological polar surface area (TPSA) is 72.4 Å². The lowest BCUT2D eigenvalue weighted by Crippen LogP contribution is -2.26. The highest BCUT2D eigenvalue weighted by Gasteiger charge is 2.29. The maximum Gasteiger partial charge on any atom is 0.358 e. The third-order valence-corrected chi connectivity index (χ3v) is 2.81. The van der Waals surface area contributed by atoms with Gasteiger partial charge in [-0.1, -0.05) is 6.08 Å². The van der Waals surface area contributed by atoms with E-state index in [1.807, 2.05) is 0 Å². The summed E-state index contributed by atoms with van der Waals surface area (Å²) in [6.07, 6.45) is 2.19. The molecule has 0 aliphatic carbocycles. The minimum absolute atomic E-state index is 0.0139. The second-order valence-electron chi connectivity index (χ2n) is 3.97. The van der Waals surface area contributed by atoms with Crippen molar-refractivity contribution in [2.24, 2.45) is 5.92 Å². The van der Waals surface area contributed by atoms with Crippen LogP contribution < -0.4 is 4.90 Å². The van der Waals surface area contributed by atoms with Crippen LogP contribution in [-0.4, -0.2) is 35.7 Å². The van der Waals surface area contributed by atoms with Crippen molar-refractivity contribution in [1.82, 2.24) is 10.2 Å². The monoisotopic (exact) mass is 247 g/mol. The zero-order valence-electron chi connectivity index (χ0n) is 10.00. The number of carbonyl (C=O) groups excluding carboxylic acids is 2. The van der Waals surface area contributed by atoms with Gasteiger partial charge in [0.15, 0.2) is 11.5 Å². The smallest absolute Gasteiger partial charge is 0.358 e. The van der Waals surface area contributed by atoms with E-state index in [1.54, 1.807) is 17.0 Å². The summed E-state index contributed by atoms with van der Waals surface area (Å²) in [6, 6.07) is 3.07. The van der Waals surface area contributed by atoms with E-state index in [0.29, 0.717) is 18.8 Å². The van der Waals surface area contributed by atoms with Gasteiger partial charge in [-0.15, -0.1) is 16.8 Å². The SMILES string of the molecule is C=CC1CC(=O)N(c2ccc(C(=O)OC)nn2)C1. The van der Waals surface area contributed by atoms with Gasteiger partial charge >= 0.3 is 5.97 Å². The molecule has 0 spiro atoms. The van der Waals surface area contributed by atoms with E-state index in [9.17, 15) is 9.59 Å². The molecule has 1 fully saturated rings. The average molecular weight is 247 g/mol. The van der Waals surface area contributed by atoms with Crippen molar-refractivity contribution in [2.75, 3.05) is 18.6 Å². The number of hydrogen-bond acceptors (Lipinski definition) is 5. The van der Waals surface area contributed by atoms with Crippen LogP contribution in [0.5, 0.6) is 0 Å². The number of hydrogen-bond donors (Lipinski definition) is 0. The Morgan fingerprint density at radius 1 is 1.56 bits per heavy atom. The Bertz CT molecular complexity index is 484. The highest BCUT2D eigenvalue weighted by atomic mass is 16.5. The lowest BCUT2D eigenvalue weighted by atomic mass is 10.1. The van der Waals surface area contributed by atoms with Crippen LogP contribution >= 0.6 is 0 Å². The Labute approximate surface area is 104 Å². The zero-order chi connectivity index (χ0) is 13.1. The predicted octanol–water partition coefficient (Wildman–Crippen LogP) is 0.802. The molecule has 1 atom stereocenters. The summed E-state index contributed by atoms with van der Waals surface area (Å²) < 4.78 is 4.52. The number of aromatic nitrogens is 2.